The second kappa shape index (κ2) is 12.3. The lowest BCUT2D eigenvalue weighted by Gasteiger charge is -2.30. The third kappa shape index (κ3) is 4.94. The van der Waals surface area contributed by atoms with Crippen molar-refractivity contribution in [3.63, 3.8) is 0 Å². The minimum absolute atomic E-state index is 0.121. The molecule has 0 spiro atoms. The van der Waals surface area contributed by atoms with E-state index < -0.39 is 0 Å². The first-order chi connectivity index (χ1) is 26.1. The largest absolute Gasteiger partial charge is 0.310 e. The van der Waals surface area contributed by atoms with E-state index in [9.17, 15) is 0 Å². The molecule has 1 aliphatic rings. The fourth-order valence-electron chi connectivity index (χ4n) is 8.70. The summed E-state index contributed by atoms with van der Waals surface area (Å²) in [7, 11) is 0. The van der Waals surface area contributed by atoms with E-state index in [1.54, 1.807) is 0 Å². The molecular formula is C51H38N2. The second-order valence-electron chi connectivity index (χ2n) is 14.6. The summed E-state index contributed by atoms with van der Waals surface area (Å²) >= 11 is 0. The van der Waals surface area contributed by atoms with Crippen LogP contribution in [0.4, 0.5) is 17.1 Å². The van der Waals surface area contributed by atoms with Crippen molar-refractivity contribution in [2.45, 2.75) is 19.3 Å². The van der Waals surface area contributed by atoms with E-state index in [-0.39, 0.29) is 5.41 Å². The summed E-state index contributed by atoms with van der Waals surface area (Å²) < 4.78 is 2.43. The Kier molecular flexibility index (Phi) is 7.19. The molecule has 1 aliphatic carbocycles. The second-order valence-corrected chi connectivity index (χ2v) is 14.6. The molecule has 9 aromatic rings. The number of anilines is 3. The number of para-hydroxylation sites is 2. The molecule has 2 heteroatoms. The minimum atomic E-state index is -0.121. The normalized spacial score (nSPS) is 12.9. The van der Waals surface area contributed by atoms with E-state index in [0.29, 0.717) is 0 Å². The van der Waals surface area contributed by atoms with Crippen LogP contribution in [-0.2, 0) is 5.41 Å². The molecule has 0 bridgehead atoms. The van der Waals surface area contributed by atoms with Crippen molar-refractivity contribution in [1.29, 1.82) is 0 Å². The highest BCUT2D eigenvalue weighted by Crippen LogP contribution is 2.51. The molecule has 0 fully saturated rings. The Morgan fingerprint density at radius 3 is 1.74 bits per heavy atom. The third-order valence-electron chi connectivity index (χ3n) is 11.2. The van der Waals surface area contributed by atoms with Crippen molar-refractivity contribution in [2.75, 3.05) is 4.90 Å². The maximum Gasteiger partial charge on any atom is 0.0562 e. The maximum atomic E-state index is 2.46. The Morgan fingerprint density at radius 1 is 0.415 bits per heavy atom. The van der Waals surface area contributed by atoms with Crippen molar-refractivity contribution in [3.05, 3.63) is 205 Å². The zero-order chi connectivity index (χ0) is 35.5. The highest BCUT2D eigenvalue weighted by atomic mass is 15.1. The molecule has 8 aromatic carbocycles. The maximum absolute atomic E-state index is 2.46. The topological polar surface area (TPSA) is 8.17 Å². The predicted octanol–water partition coefficient (Wildman–Crippen LogP) is 13.9. The van der Waals surface area contributed by atoms with E-state index >= 15 is 0 Å². The van der Waals surface area contributed by atoms with Gasteiger partial charge in [-0.3, -0.25) is 0 Å². The molecule has 0 amide bonds. The Bertz CT molecular complexity index is 2790. The lowest BCUT2D eigenvalue weighted by atomic mass is 9.82. The summed E-state index contributed by atoms with van der Waals surface area (Å²) in [5.41, 5.74) is 17.0. The summed E-state index contributed by atoms with van der Waals surface area (Å²) in [4.78, 5) is 2.46. The number of hydrogen-bond donors (Lipinski definition) is 0. The van der Waals surface area contributed by atoms with Gasteiger partial charge in [0, 0.05) is 38.8 Å². The Hall–Kier alpha value is -6.64. The number of benzene rings is 8. The van der Waals surface area contributed by atoms with Crippen LogP contribution in [0.5, 0.6) is 0 Å². The molecule has 1 aromatic heterocycles. The molecule has 0 aliphatic heterocycles. The summed E-state index contributed by atoms with van der Waals surface area (Å²) in [6, 6.07) is 70.8. The van der Waals surface area contributed by atoms with Gasteiger partial charge in [-0.25, -0.2) is 0 Å². The van der Waals surface area contributed by atoms with E-state index in [2.05, 4.69) is 217 Å². The number of hydrogen-bond acceptors (Lipinski definition) is 1. The van der Waals surface area contributed by atoms with Gasteiger partial charge < -0.3 is 9.47 Å². The molecule has 0 atom stereocenters. The quantitative estimate of drug-likeness (QED) is 0.170. The third-order valence-corrected chi connectivity index (χ3v) is 11.2. The zero-order valence-electron chi connectivity index (χ0n) is 29.9. The van der Waals surface area contributed by atoms with E-state index in [0.717, 1.165) is 22.7 Å². The average Bonchev–Trinajstić information content (AvgIpc) is 3.67. The van der Waals surface area contributed by atoms with Crippen molar-refractivity contribution in [2.24, 2.45) is 0 Å². The van der Waals surface area contributed by atoms with Crippen molar-refractivity contribution in [3.8, 4) is 39.1 Å². The molecule has 2 nitrogen and oxygen atoms in total. The van der Waals surface area contributed by atoms with Gasteiger partial charge in [0.25, 0.3) is 0 Å². The van der Waals surface area contributed by atoms with E-state index in [1.807, 2.05) is 0 Å². The summed E-state index contributed by atoms with van der Waals surface area (Å²) in [6.45, 7) is 4.72. The predicted molar refractivity (Wildman–Crippen MR) is 224 cm³/mol. The Balaban J connectivity index is 1.26. The molecule has 53 heavy (non-hydrogen) atoms. The van der Waals surface area contributed by atoms with E-state index in [4.69, 9.17) is 0 Å². The zero-order valence-corrected chi connectivity index (χ0v) is 29.9. The molecule has 0 N–H and O–H groups in total. The molecule has 0 radical (unpaired) electrons. The van der Waals surface area contributed by atoms with Crippen molar-refractivity contribution in [1.82, 2.24) is 4.57 Å². The highest BCUT2D eigenvalue weighted by Gasteiger charge is 2.36. The van der Waals surface area contributed by atoms with Crippen LogP contribution in [0.1, 0.15) is 25.0 Å². The van der Waals surface area contributed by atoms with Gasteiger partial charge in [-0.05, 0) is 87.5 Å². The molecule has 252 valence electrons. The molecule has 1 heterocycles. The fraction of sp³-hybridized carbons (Fsp3) is 0.0588. The fourth-order valence-corrected chi connectivity index (χ4v) is 8.70. The first-order valence-corrected chi connectivity index (χ1v) is 18.4. The van der Waals surface area contributed by atoms with Crippen LogP contribution in [0.15, 0.2) is 194 Å². The van der Waals surface area contributed by atoms with Crippen LogP contribution in [0, 0.1) is 0 Å². The van der Waals surface area contributed by atoms with Crippen LogP contribution >= 0.6 is 0 Å². The first-order valence-electron chi connectivity index (χ1n) is 18.4. The first kappa shape index (κ1) is 31.1. The van der Waals surface area contributed by atoms with Crippen LogP contribution in [0.3, 0.4) is 0 Å². The minimum Gasteiger partial charge on any atom is -0.310 e. The van der Waals surface area contributed by atoms with Crippen LogP contribution in [0.25, 0.3) is 60.9 Å². The van der Waals surface area contributed by atoms with Gasteiger partial charge in [-0.2, -0.15) is 0 Å². The number of nitrogens with zero attached hydrogens (tertiary/aromatic N) is 2. The average molecular weight is 679 g/mol. The van der Waals surface area contributed by atoms with Gasteiger partial charge >= 0.3 is 0 Å². The highest BCUT2D eigenvalue weighted by molar-refractivity contribution is 6.16. The molecule has 0 saturated carbocycles. The van der Waals surface area contributed by atoms with E-state index in [1.165, 1.54) is 66.3 Å². The standard InChI is InChI=1S/C51H38N2/c1-51(2)45-26-14-12-24-42(45)43-31-29-38(33-46(43)51)52(47-27-15-13-23-40(47)35-17-6-3-7-18-35)39-30-32-44-49(34-39)53(37-21-10-5-11-22-37)48-28-16-25-41(50(44)48)36-19-8-4-9-20-36/h3-34H,1-2H3. The van der Waals surface area contributed by atoms with Crippen LogP contribution in [0.2, 0.25) is 0 Å². The lowest BCUT2D eigenvalue weighted by molar-refractivity contribution is 0.660. The monoisotopic (exact) mass is 678 g/mol. The molecule has 0 saturated heterocycles. The smallest absolute Gasteiger partial charge is 0.0562 e. The van der Waals surface area contributed by atoms with Gasteiger partial charge in [0.15, 0.2) is 0 Å². The number of aromatic nitrogens is 1. The van der Waals surface area contributed by atoms with Gasteiger partial charge in [0.1, 0.15) is 0 Å². The Morgan fingerprint density at radius 2 is 0.981 bits per heavy atom. The SMILES string of the molecule is CC1(C)c2ccccc2-c2ccc(N(c3ccc4c5c(-c6ccccc6)cccc5n(-c5ccccc5)c4c3)c3ccccc3-c3ccccc3)cc21. The van der Waals surface area contributed by atoms with Gasteiger partial charge in [-0.1, -0.05) is 159 Å². The summed E-state index contributed by atoms with van der Waals surface area (Å²) in [5, 5.41) is 2.49. The number of rotatable bonds is 6. The summed E-state index contributed by atoms with van der Waals surface area (Å²) in [6.07, 6.45) is 0. The molecule has 0 unspecified atom stereocenters. The van der Waals surface area contributed by atoms with Gasteiger partial charge in [-0.15, -0.1) is 0 Å². The van der Waals surface area contributed by atoms with Gasteiger partial charge in [0.2, 0.25) is 0 Å². The molecular weight excluding hydrogens is 641 g/mol. The van der Waals surface area contributed by atoms with Crippen molar-refractivity contribution < 1.29 is 0 Å². The number of fused-ring (bicyclic) bond motifs is 6. The Labute approximate surface area is 310 Å². The lowest BCUT2D eigenvalue weighted by Crippen LogP contribution is -2.17. The van der Waals surface area contributed by atoms with Crippen LogP contribution < -0.4 is 4.90 Å². The molecule has 10 rings (SSSR count). The van der Waals surface area contributed by atoms with Gasteiger partial charge in [0.05, 0.1) is 16.7 Å². The van der Waals surface area contributed by atoms with Crippen LogP contribution in [-0.4, -0.2) is 4.57 Å². The summed E-state index contributed by atoms with van der Waals surface area (Å²) in [5.74, 6) is 0. The van der Waals surface area contributed by atoms with Crippen molar-refractivity contribution >= 4 is 38.9 Å².